The Kier molecular flexibility index (Phi) is 5.24. The molecule has 0 aliphatic heterocycles. The Balaban J connectivity index is 1.58. The van der Waals surface area contributed by atoms with Crippen LogP contribution in [0.1, 0.15) is 31.2 Å². The molecule has 1 saturated carbocycles. The van der Waals surface area contributed by atoms with Crippen LogP contribution in [0.5, 0.6) is 0 Å². The highest BCUT2D eigenvalue weighted by atomic mass is 35.5. The van der Waals surface area contributed by atoms with Crippen LogP contribution >= 0.6 is 11.6 Å². The third-order valence-corrected chi connectivity index (χ3v) is 6.25. The minimum Gasteiger partial charge on any atom is -0.352 e. The minimum absolute atomic E-state index is 0.0794. The highest BCUT2D eigenvalue weighted by Gasteiger charge is 2.20. The summed E-state index contributed by atoms with van der Waals surface area (Å²) in [6.45, 7) is 0.419. The molecule has 158 valence electrons. The number of carbonyl (C=O) groups is 1. The summed E-state index contributed by atoms with van der Waals surface area (Å²) < 4.78 is 3.26. The number of nitrogens with one attached hydrogen (secondary N) is 1. The molecule has 1 aliphatic carbocycles. The first-order chi connectivity index (χ1) is 15.1. The quantitative estimate of drug-likeness (QED) is 0.514. The van der Waals surface area contributed by atoms with Gasteiger partial charge in [-0.15, -0.1) is 0 Å². The van der Waals surface area contributed by atoms with E-state index in [1.807, 2.05) is 53.1 Å². The number of amides is 1. The number of carbonyl (C=O) groups excluding carboxylic acids is 1. The summed E-state index contributed by atoms with van der Waals surface area (Å²) in [6, 6.07) is 15.7. The number of halogens is 1. The predicted molar refractivity (Wildman–Crippen MR) is 122 cm³/mol. The third-order valence-electron chi connectivity index (χ3n) is 6.02. The van der Waals surface area contributed by atoms with Gasteiger partial charge in [0.05, 0.1) is 6.20 Å². The molecule has 1 amide bonds. The van der Waals surface area contributed by atoms with E-state index in [0.717, 1.165) is 47.5 Å². The highest BCUT2D eigenvalue weighted by Crippen LogP contribution is 2.27. The van der Waals surface area contributed by atoms with Crippen molar-refractivity contribution in [2.24, 2.45) is 0 Å². The van der Waals surface area contributed by atoms with Crippen molar-refractivity contribution in [1.29, 1.82) is 0 Å². The SMILES string of the molecule is O=C(Cn1ncc2c3ccccc3n(Cc3cccc(Cl)c3)c2c1=O)NC1CCCC1. The second-order valence-electron chi connectivity index (χ2n) is 8.15. The molecule has 0 atom stereocenters. The molecule has 0 saturated heterocycles. The molecule has 2 heterocycles. The van der Waals surface area contributed by atoms with Crippen LogP contribution in [0.25, 0.3) is 21.8 Å². The monoisotopic (exact) mass is 434 g/mol. The van der Waals surface area contributed by atoms with Crippen molar-refractivity contribution in [3.63, 3.8) is 0 Å². The number of rotatable bonds is 5. The van der Waals surface area contributed by atoms with Crippen molar-refractivity contribution < 1.29 is 4.79 Å². The zero-order valence-electron chi connectivity index (χ0n) is 17.1. The Hall–Kier alpha value is -3.12. The van der Waals surface area contributed by atoms with Crippen molar-refractivity contribution in [1.82, 2.24) is 19.7 Å². The molecule has 0 radical (unpaired) electrons. The van der Waals surface area contributed by atoms with E-state index >= 15 is 0 Å². The fraction of sp³-hybridized carbons (Fsp3) is 0.292. The molecule has 5 rings (SSSR count). The molecule has 0 unspecified atom stereocenters. The maximum Gasteiger partial charge on any atom is 0.291 e. The average molecular weight is 435 g/mol. The molecule has 2 aromatic heterocycles. The number of nitrogens with zero attached hydrogens (tertiary/aromatic N) is 3. The van der Waals surface area contributed by atoms with Gasteiger partial charge >= 0.3 is 0 Å². The van der Waals surface area contributed by atoms with E-state index in [0.29, 0.717) is 17.1 Å². The lowest BCUT2D eigenvalue weighted by Crippen LogP contribution is -2.38. The normalized spacial score (nSPS) is 14.5. The molecule has 31 heavy (non-hydrogen) atoms. The maximum absolute atomic E-state index is 13.4. The van der Waals surface area contributed by atoms with E-state index in [2.05, 4.69) is 10.4 Å². The molecule has 1 N–H and O–H groups in total. The fourth-order valence-corrected chi connectivity index (χ4v) is 4.78. The summed E-state index contributed by atoms with van der Waals surface area (Å²) in [5, 5.41) is 9.75. The van der Waals surface area contributed by atoms with Gasteiger partial charge in [0.25, 0.3) is 5.56 Å². The van der Waals surface area contributed by atoms with Gasteiger partial charge in [0.1, 0.15) is 12.1 Å². The van der Waals surface area contributed by atoms with Gasteiger partial charge in [-0.25, -0.2) is 4.68 Å². The van der Waals surface area contributed by atoms with Crippen molar-refractivity contribution in [2.75, 3.05) is 0 Å². The molecular weight excluding hydrogens is 412 g/mol. The highest BCUT2D eigenvalue weighted by molar-refractivity contribution is 6.30. The van der Waals surface area contributed by atoms with Crippen LogP contribution < -0.4 is 10.9 Å². The zero-order chi connectivity index (χ0) is 21.4. The first-order valence-corrected chi connectivity index (χ1v) is 11.0. The van der Waals surface area contributed by atoms with Gasteiger partial charge in [-0.2, -0.15) is 5.10 Å². The third kappa shape index (κ3) is 3.83. The molecular formula is C24H23ClN4O2. The summed E-state index contributed by atoms with van der Waals surface area (Å²) in [4.78, 5) is 25.9. The summed E-state index contributed by atoms with van der Waals surface area (Å²) in [5.74, 6) is -0.168. The van der Waals surface area contributed by atoms with Crippen LogP contribution in [0.15, 0.2) is 59.5 Å². The summed E-state index contributed by atoms with van der Waals surface area (Å²) in [6.07, 6.45) is 5.97. The van der Waals surface area contributed by atoms with E-state index < -0.39 is 0 Å². The lowest BCUT2D eigenvalue weighted by atomic mass is 10.2. The Morgan fingerprint density at radius 1 is 1.10 bits per heavy atom. The minimum atomic E-state index is -0.266. The largest absolute Gasteiger partial charge is 0.352 e. The van der Waals surface area contributed by atoms with Crippen LogP contribution in [-0.2, 0) is 17.9 Å². The second kappa shape index (κ2) is 8.19. The van der Waals surface area contributed by atoms with E-state index in [4.69, 9.17) is 11.6 Å². The van der Waals surface area contributed by atoms with Crippen molar-refractivity contribution in [3.8, 4) is 0 Å². The zero-order valence-corrected chi connectivity index (χ0v) is 17.8. The molecule has 1 aliphatic rings. The standard InChI is InChI=1S/C24H23ClN4O2/c25-17-7-5-6-16(12-17)14-28-21-11-4-3-10-19(21)20-13-26-29(24(31)23(20)28)15-22(30)27-18-8-1-2-9-18/h3-7,10-13,18H,1-2,8-9,14-15H2,(H,27,30). The van der Waals surface area contributed by atoms with Crippen LogP contribution in [0.3, 0.4) is 0 Å². The van der Waals surface area contributed by atoms with Crippen LogP contribution in [0, 0.1) is 0 Å². The van der Waals surface area contributed by atoms with E-state index in [1.54, 1.807) is 6.20 Å². The number of aromatic nitrogens is 3. The number of hydrogen-bond acceptors (Lipinski definition) is 3. The van der Waals surface area contributed by atoms with Gasteiger partial charge in [-0.1, -0.05) is 54.8 Å². The van der Waals surface area contributed by atoms with Crippen molar-refractivity contribution in [3.05, 3.63) is 75.7 Å². The summed E-state index contributed by atoms with van der Waals surface area (Å²) >= 11 is 6.18. The molecule has 7 heteroatoms. The molecule has 1 fully saturated rings. The maximum atomic E-state index is 13.4. The Bertz CT molecular complexity index is 1330. The first-order valence-electron chi connectivity index (χ1n) is 10.6. The van der Waals surface area contributed by atoms with E-state index in [1.165, 1.54) is 4.68 Å². The van der Waals surface area contributed by atoms with Gasteiger partial charge in [-0.05, 0) is 36.6 Å². The number of para-hydroxylation sites is 1. The molecule has 4 aromatic rings. The van der Waals surface area contributed by atoms with E-state index in [9.17, 15) is 9.59 Å². The fourth-order valence-electron chi connectivity index (χ4n) is 4.57. The number of fused-ring (bicyclic) bond motifs is 3. The van der Waals surface area contributed by atoms with Gasteiger partial charge in [0.15, 0.2) is 0 Å². The Morgan fingerprint density at radius 2 is 1.90 bits per heavy atom. The van der Waals surface area contributed by atoms with Crippen LogP contribution in [0.4, 0.5) is 0 Å². The smallest absolute Gasteiger partial charge is 0.291 e. The summed E-state index contributed by atoms with van der Waals surface area (Å²) in [7, 11) is 0. The Labute approximate surface area is 184 Å². The predicted octanol–water partition coefficient (Wildman–Crippen LogP) is 4.11. The number of hydrogen-bond donors (Lipinski definition) is 1. The van der Waals surface area contributed by atoms with Crippen LogP contribution in [-0.4, -0.2) is 26.3 Å². The Morgan fingerprint density at radius 3 is 2.71 bits per heavy atom. The molecule has 0 bridgehead atoms. The number of benzene rings is 2. The van der Waals surface area contributed by atoms with Gasteiger partial charge in [0.2, 0.25) is 5.91 Å². The molecule has 6 nitrogen and oxygen atoms in total. The molecule has 2 aromatic carbocycles. The van der Waals surface area contributed by atoms with Crippen molar-refractivity contribution >= 4 is 39.3 Å². The van der Waals surface area contributed by atoms with Gasteiger partial charge < -0.3 is 9.88 Å². The molecule has 0 spiro atoms. The lowest BCUT2D eigenvalue weighted by molar-refractivity contribution is -0.122. The van der Waals surface area contributed by atoms with Gasteiger partial charge in [0, 0.05) is 33.9 Å². The average Bonchev–Trinajstić information content (AvgIpc) is 3.37. The van der Waals surface area contributed by atoms with E-state index in [-0.39, 0.29) is 24.1 Å². The summed E-state index contributed by atoms with van der Waals surface area (Å²) in [5.41, 5.74) is 2.23. The first kappa shape index (κ1) is 19.8. The van der Waals surface area contributed by atoms with Gasteiger partial charge in [-0.3, -0.25) is 9.59 Å². The van der Waals surface area contributed by atoms with Crippen molar-refractivity contribution in [2.45, 2.75) is 44.8 Å². The topological polar surface area (TPSA) is 68.9 Å². The lowest BCUT2D eigenvalue weighted by Gasteiger charge is -2.13. The van der Waals surface area contributed by atoms with Crippen LogP contribution in [0.2, 0.25) is 5.02 Å². The second-order valence-corrected chi connectivity index (χ2v) is 8.59.